The van der Waals surface area contributed by atoms with E-state index < -0.39 is 0 Å². The van der Waals surface area contributed by atoms with E-state index in [2.05, 4.69) is 39.2 Å². The number of terminal acetylenes is 1. The van der Waals surface area contributed by atoms with Crippen LogP contribution >= 0.6 is 0 Å². The molecule has 0 aromatic heterocycles. The Morgan fingerprint density at radius 1 is 1.24 bits per heavy atom. The summed E-state index contributed by atoms with van der Waals surface area (Å²) in [5.74, 6) is 2.74. The Kier molecular flexibility index (Phi) is 6.46. The fraction of sp³-hybridized carbons (Fsp3) is 0.550. The topological polar surface area (TPSA) is 44.8 Å². The predicted octanol–water partition coefficient (Wildman–Crippen LogP) is 1.23. The second-order valence-corrected chi connectivity index (χ2v) is 6.71. The molecule has 0 spiro atoms. The van der Waals surface area contributed by atoms with Crippen molar-refractivity contribution in [3.05, 3.63) is 35.4 Å². The summed E-state index contributed by atoms with van der Waals surface area (Å²) in [6.45, 7) is 6.45. The first-order valence-corrected chi connectivity index (χ1v) is 9.10. The number of carbonyl (C=O) groups excluding carboxylic acids is 1. The number of nitrogens with zero attached hydrogens (tertiary/aromatic N) is 2. The van der Waals surface area contributed by atoms with Crippen LogP contribution < -0.4 is 5.32 Å². The van der Waals surface area contributed by atoms with Crippen molar-refractivity contribution in [2.75, 3.05) is 39.4 Å². The molecular weight excluding hydrogens is 314 g/mol. The molecule has 1 aromatic rings. The van der Waals surface area contributed by atoms with Gasteiger partial charge in [0.2, 0.25) is 5.91 Å². The first kappa shape index (κ1) is 17.9. The maximum atomic E-state index is 12.6. The minimum absolute atomic E-state index is 0.0811. The van der Waals surface area contributed by atoms with Crippen LogP contribution in [0.5, 0.6) is 0 Å². The number of amides is 1. The molecule has 2 saturated heterocycles. The molecule has 2 aliphatic rings. The SMILES string of the molecule is C#CCN1CCC[C@H]1C(=O)NCc1ccccc1CN1CCOCC1. The fourth-order valence-electron chi connectivity index (χ4n) is 3.61. The van der Waals surface area contributed by atoms with Crippen molar-refractivity contribution >= 4 is 5.91 Å². The monoisotopic (exact) mass is 341 g/mol. The average Bonchev–Trinajstić information content (AvgIpc) is 3.10. The van der Waals surface area contributed by atoms with Gasteiger partial charge in [0.25, 0.3) is 0 Å². The molecule has 1 aromatic carbocycles. The Morgan fingerprint density at radius 3 is 2.76 bits per heavy atom. The fourth-order valence-corrected chi connectivity index (χ4v) is 3.61. The van der Waals surface area contributed by atoms with Crippen LogP contribution in [-0.4, -0.2) is 61.1 Å². The lowest BCUT2D eigenvalue weighted by molar-refractivity contribution is -0.125. The van der Waals surface area contributed by atoms with Crippen LogP contribution in [0.2, 0.25) is 0 Å². The molecule has 1 amide bonds. The van der Waals surface area contributed by atoms with Crippen molar-refractivity contribution in [2.24, 2.45) is 0 Å². The molecule has 3 rings (SSSR count). The lowest BCUT2D eigenvalue weighted by Gasteiger charge is -2.27. The molecule has 25 heavy (non-hydrogen) atoms. The second kappa shape index (κ2) is 9.00. The number of rotatable bonds is 6. The third-order valence-corrected chi connectivity index (χ3v) is 5.03. The van der Waals surface area contributed by atoms with Crippen LogP contribution in [0.1, 0.15) is 24.0 Å². The van der Waals surface area contributed by atoms with E-state index in [4.69, 9.17) is 11.2 Å². The van der Waals surface area contributed by atoms with Gasteiger partial charge in [-0.25, -0.2) is 0 Å². The average molecular weight is 341 g/mol. The highest BCUT2D eigenvalue weighted by molar-refractivity contribution is 5.82. The number of ether oxygens (including phenoxy) is 1. The highest BCUT2D eigenvalue weighted by atomic mass is 16.5. The van der Waals surface area contributed by atoms with Gasteiger partial charge < -0.3 is 10.1 Å². The van der Waals surface area contributed by atoms with E-state index in [0.29, 0.717) is 13.1 Å². The van der Waals surface area contributed by atoms with E-state index in [1.807, 2.05) is 6.07 Å². The summed E-state index contributed by atoms with van der Waals surface area (Å²) in [5, 5.41) is 3.11. The van der Waals surface area contributed by atoms with Gasteiger partial charge in [-0.1, -0.05) is 30.2 Å². The maximum absolute atomic E-state index is 12.6. The van der Waals surface area contributed by atoms with Crippen LogP contribution in [0, 0.1) is 12.3 Å². The lowest BCUT2D eigenvalue weighted by atomic mass is 10.1. The van der Waals surface area contributed by atoms with Gasteiger partial charge in [0.15, 0.2) is 0 Å². The number of morpholine rings is 1. The number of hydrogen-bond acceptors (Lipinski definition) is 4. The largest absolute Gasteiger partial charge is 0.379 e. The van der Waals surface area contributed by atoms with Crippen molar-refractivity contribution < 1.29 is 9.53 Å². The highest BCUT2D eigenvalue weighted by Gasteiger charge is 2.29. The number of hydrogen-bond donors (Lipinski definition) is 1. The van der Waals surface area contributed by atoms with Crippen LogP contribution in [0.4, 0.5) is 0 Å². The summed E-state index contributed by atoms with van der Waals surface area (Å²) in [5.41, 5.74) is 2.46. The van der Waals surface area contributed by atoms with Gasteiger partial charge in [0.1, 0.15) is 0 Å². The van der Waals surface area contributed by atoms with Crippen molar-refractivity contribution in [3.63, 3.8) is 0 Å². The third kappa shape index (κ3) is 4.82. The van der Waals surface area contributed by atoms with Gasteiger partial charge in [-0.2, -0.15) is 0 Å². The molecule has 1 atom stereocenters. The smallest absolute Gasteiger partial charge is 0.237 e. The van der Waals surface area contributed by atoms with Crippen molar-refractivity contribution in [2.45, 2.75) is 32.0 Å². The van der Waals surface area contributed by atoms with Crippen LogP contribution in [-0.2, 0) is 22.6 Å². The minimum atomic E-state index is -0.0811. The van der Waals surface area contributed by atoms with Gasteiger partial charge in [-0.15, -0.1) is 6.42 Å². The van der Waals surface area contributed by atoms with E-state index in [9.17, 15) is 4.79 Å². The zero-order valence-corrected chi connectivity index (χ0v) is 14.7. The molecule has 1 N–H and O–H groups in total. The van der Waals surface area contributed by atoms with Gasteiger partial charge in [0, 0.05) is 26.2 Å². The summed E-state index contributed by atoms with van der Waals surface area (Å²) >= 11 is 0. The van der Waals surface area contributed by atoms with Gasteiger partial charge in [-0.3, -0.25) is 14.6 Å². The number of carbonyl (C=O) groups is 1. The Balaban J connectivity index is 1.57. The van der Waals surface area contributed by atoms with Crippen LogP contribution in [0.3, 0.4) is 0 Å². The zero-order valence-electron chi connectivity index (χ0n) is 14.7. The molecule has 0 unspecified atom stereocenters. The normalized spacial score (nSPS) is 21.8. The summed E-state index contributed by atoms with van der Waals surface area (Å²) in [7, 11) is 0. The molecule has 2 fully saturated rings. The van der Waals surface area contributed by atoms with Gasteiger partial charge in [-0.05, 0) is 30.5 Å². The Hall–Kier alpha value is -1.87. The lowest BCUT2D eigenvalue weighted by Crippen LogP contribution is -2.43. The maximum Gasteiger partial charge on any atom is 0.237 e. The van der Waals surface area contributed by atoms with Crippen LogP contribution in [0.15, 0.2) is 24.3 Å². The van der Waals surface area contributed by atoms with E-state index in [1.54, 1.807) is 0 Å². The molecule has 5 heteroatoms. The third-order valence-electron chi connectivity index (χ3n) is 5.03. The first-order chi connectivity index (χ1) is 12.3. The zero-order chi connectivity index (χ0) is 17.5. The van der Waals surface area contributed by atoms with Crippen molar-refractivity contribution in [1.82, 2.24) is 15.1 Å². The van der Waals surface area contributed by atoms with Gasteiger partial charge in [0.05, 0.1) is 25.8 Å². The first-order valence-electron chi connectivity index (χ1n) is 9.10. The molecule has 2 heterocycles. The summed E-state index contributed by atoms with van der Waals surface area (Å²) in [4.78, 5) is 17.0. The van der Waals surface area contributed by atoms with Crippen molar-refractivity contribution in [3.8, 4) is 12.3 Å². The van der Waals surface area contributed by atoms with Crippen LogP contribution in [0.25, 0.3) is 0 Å². The van der Waals surface area contributed by atoms with E-state index >= 15 is 0 Å². The van der Waals surface area contributed by atoms with E-state index in [0.717, 1.165) is 52.2 Å². The molecule has 0 aliphatic carbocycles. The quantitative estimate of drug-likeness (QED) is 0.791. The summed E-state index contributed by atoms with van der Waals surface area (Å²) in [6.07, 6.45) is 7.33. The van der Waals surface area contributed by atoms with Crippen molar-refractivity contribution in [1.29, 1.82) is 0 Å². The number of benzene rings is 1. The summed E-state index contributed by atoms with van der Waals surface area (Å²) < 4.78 is 5.42. The molecule has 0 saturated carbocycles. The predicted molar refractivity (Wildman–Crippen MR) is 97.8 cm³/mol. The second-order valence-electron chi connectivity index (χ2n) is 6.71. The number of likely N-dealkylation sites (tertiary alicyclic amines) is 1. The molecular formula is C20H27N3O2. The van der Waals surface area contributed by atoms with E-state index in [1.165, 1.54) is 11.1 Å². The Labute approximate surface area is 150 Å². The Morgan fingerprint density at radius 2 is 2.00 bits per heavy atom. The van der Waals surface area contributed by atoms with E-state index in [-0.39, 0.29) is 11.9 Å². The standard InChI is InChI=1S/C20H27N3O2/c1-2-9-23-10-5-8-19(23)20(24)21-15-17-6-3-4-7-18(17)16-22-11-13-25-14-12-22/h1,3-4,6-7,19H,5,8-16H2,(H,21,24)/t19-/m0/s1. The minimum Gasteiger partial charge on any atom is -0.379 e. The number of nitrogens with one attached hydrogen (secondary N) is 1. The Bertz CT molecular complexity index is 620. The molecule has 2 aliphatic heterocycles. The molecule has 0 bridgehead atoms. The molecule has 5 nitrogen and oxygen atoms in total. The molecule has 0 radical (unpaired) electrons. The highest BCUT2D eigenvalue weighted by Crippen LogP contribution is 2.17. The summed E-state index contributed by atoms with van der Waals surface area (Å²) in [6, 6.07) is 8.26. The van der Waals surface area contributed by atoms with Gasteiger partial charge >= 0.3 is 0 Å². The molecule has 134 valence electrons.